The number of hydrogen-bond acceptors (Lipinski definition) is 6. The van der Waals surface area contributed by atoms with Gasteiger partial charge < -0.3 is 14.3 Å². The highest BCUT2D eigenvalue weighted by Gasteiger charge is 2.21. The molecular weight excluding hydrogens is 562 g/mol. The van der Waals surface area contributed by atoms with Crippen molar-refractivity contribution in [2.45, 2.75) is 26.2 Å². The van der Waals surface area contributed by atoms with Crippen LogP contribution in [0.4, 0.5) is 37.3 Å². The first-order chi connectivity index (χ1) is 14.3. The zero-order valence-electron chi connectivity index (χ0n) is 16.9. The average Bonchev–Trinajstić information content (AvgIpc) is 2.72. The second-order valence-corrected chi connectivity index (χ2v) is 9.77. The maximum Gasteiger partial charge on any atom is 0.256 e. The number of alkyl halides is 2. The number of hydrogen-bond donors (Lipinski definition) is 1. The van der Waals surface area contributed by atoms with Crippen LogP contribution in [0.2, 0.25) is 5.15 Å². The molecule has 0 spiro atoms. The zero-order valence-corrected chi connectivity index (χ0v) is 21.7. The van der Waals surface area contributed by atoms with Crippen molar-refractivity contribution in [1.82, 2.24) is 4.98 Å². The second kappa shape index (κ2) is 12.2. The van der Waals surface area contributed by atoms with E-state index in [-0.39, 0.29) is 17.3 Å². The molecule has 0 bridgehead atoms. The van der Waals surface area contributed by atoms with Crippen LogP contribution in [0.1, 0.15) is 18.9 Å². The Labute approximate surface area is 200 Å². The highest BCUT2D eigenvalue weighted by atomic mass is 127. The van der Waals surface area contributed by atoms with Gasteiger partial charge in [0.25, 0.3) is 6.43 Å². The Hall–Kier alpha value is -0.900. The van der Waals surface area contributed by atoms with E-state index in [1.54, 1.807) is 18.0 Å². The van der Waals surface area contributed by atoms with Crippen molar-refractivity contribution >= 4 is 87.2 Å². The van der Waals surface area contributed by atoms with Gasteiger partial charge in [-0.05, 0) is 52.9 Å². The van der Waals surface area contributed by atoms with Gasteiger partial charge in [-0.3, -0.25) is 4.99 Å². The predicted octanol–water partition coefficient (Wildman–Crippen LogP) is 7.49. The molecule has 0 aliphatic rings. The van der Waals surface area contributed by atoms with Crippen LogP contribution >= 0.6 is 52.0 Å². The summed E-state index contributed by atoms with van der Waals surface area (Å²) >= 11 is 9.87. The molecule has 30 heavy (non-hydrogen) atoms. The minimum atomic E-state index is -2.50. The fraction of sp³-hybridized carbons (Fsp3) is 0.368. The zero-order chi connectivity index (χ0) is 22.3. The van der Waals surface area contributed by atoms with Crippen LogP contribution in [0.15, 0.2) is 29.3 Å². The first kappa shape index (κ1) is 25.4. The van der Waals surface area contributed by atoms with E-state index in [0.29, 0.717) is 11.4 Å². The van der Waals surface area contributed by atoms with Gasteiger partial charge in [-0.25, -0.2) is 13.8 Å². The molecule has 1 aromatic heterocycles. The van der Waals surface area contributed by atoms with Crippen LogP contribution in [0.25, 0.3) is 0 Å². The Bertz CT molecular complexity index is 877. The van der Waals surface area contributed by atoms with Crippen molar-refractivity contribution in [2.24, 2.45) is 4.99 Å². The van der Waals surface area contributed by atoms with E-state index < -0.39 is 13.0 Å². The normalized spacial score (nSPS) is 11.3. The lowest BCUT2D eigenvalue weighted by Gasteiger charge is -2.25. The minimum Gasteiger partial charge on any atom is -0.352 e. The first-order valence-corrected chi connectivity index (χ1v) is 14.7. The molecule has 11 heteroatoms. The molecular formula is C19H24ClF2IN5PS. The van der Waals surface area contributed by atoms with Gasteiger partial charge in [-0.1, -0.05) is 43.0 Å². The van der Waals surface area contributed by atoms with Gasteiger partial charge in [0.05, 0.1) is 23.6 Å². The van der Waals surface area contributed by atoms with Crippen molar-refractivity contribution < 1.29 is 8.78 Å². The van der Waals surface area contributed by atoms with Crippen LogP contribution in [0.3, 0.4) is 0 Å². The van der Waals surface area contributed by atoms with E-state index in [2.05, 4.69) is 45.4 Å². The standard InChI is InChI=1S/C19H24ClF2IN5PS/c1-5-6-12-7-8-13(15(9-12)27(3)30-4)25-14-10-16(20)26-19(18(14)24-2)28(29-23)11-17(21)22/h7-10,17,29H,2,5-6,11H2,1,3-4H3,(H,25,26). The molecule has 1 N–H and O–H groups in total. The molecule has 5 nitrogen and oxygen atoms in total. The predicted molar refractivity (Wildman–Crippen MR) is 140 cm³/mol. The Kier molecular flexibility index (Phi) is 10.3. The highest BCUT2D eigenvalue weighted by Crippen LogP contribution is 2.44. The number of pyridine rings is 1. The lowest BCUT2D eigenvalue weighted by molar-refractivity contribution is 0.159. The molecule has 1 heterocycles. The Morgan fingerprint density at radius 2 is 2.10 bits per heavy atom. The second-order valence-electron chi connectivity index (χ2n) is 6.32. The van der Waals surface area contributed by atoms with E-state index in [4.69, 9.17) is 11.6 Å². The van der Waals surface area contributed by atoms with Gasteiger partial charge in [0, 0.05) is 25.7 Å². The topological polar surface area (TPSA) is 43.8 Å². The Morgan fingerprint density at radius 3 is 2.67 bits per heavy atom. The molecule has 1 atom stereocenters. The maximum atomic E-state index is 13.1. The van der Waals surface area contributed by atoms with Crippen molar-refractivity contribution in [3.05, 3.63) is 35.0 Å². The maximum absolute atomic E-state index is 13.1. The van der Waals surface area contributed by atoms with Crippen LogP contribution < -0.4 is 14.3 Å². The molecule has 1 unspecified atom stereocenters. The molecule has 0 aliphatic carbocycles. The van der Waals surface area contributed by atoms with Gasteiger partial charge in [-0.2, -0.15) is 0 Å². The number of nitrogens with one attached hydrogen (secondary N) is 1. The van der Waals surface area contributed by atoms with Crippen LogP contribution in [0.5, 0.6) is 0 Å². The number of benzene rings is 1. The summed E-state index contributed by atoms with van der Waals surface area (Å²) < 4.78 is 29.6. The van der Waals surface area contributed by atoms with Crippen molar-refractivity contribution in [2.75, 3.05) is 34.1 Å². The summed E-state index contributed by atoms with van der Waals surface area (Å²) in [5.74, 6) is 0.287. The quantitative estimate of drug-likeness (QED) is 0.0973. The molecule has 2 rings (SSSR count). The SMILES string of the molecule is C=Nc1c(Nc2ccc(CCC)cc2N(C)SC)cc(Cl)nc1N(CC(F)F)PI. The summed E-state index contributed by atoms with van der Waals surface area (Å²) in [4.78, 5) is 8.34. The summed E-state index contributed by atoms with van der Waals surface area (Å²) in [6.07, 6.45) is 1.58. The summed E-state index contributed by atoms with van der Waals surface area (Å²) in [5.41, 5.74) is 4.04. The summed E-state index contributed by atoms with van der Waals surface area (Å²) in [6.45, 7) is 5.32. The molecule has 0 saturated carbocycles. The van der Waals surface area contributed by atoms with E-state index in [0.717, 1.165) is 24.2 Å². The van der Waals surface area contributed by atoms with Crippen molar-refractivity contribution in [1.29, 1.82) is 0 Å². The number of aromatic nitrogens is 1. The largest absolute Gasteiger partial charge is 0.352 e. The third kappa shape index (κ3) is 6.55. The van der Waals surface area contributed by atoms with E-state index >= 15 is 0 Å². The molecule has 0 fully saturated rings. The fourth-order valence-corrected chi connectivity index (χ4v) is 5.12. The minimum absolute atomic E-state index is 0.0459. The highest BCUT2D eigenvalue weighted by molar-refractivity contribution is 14.2. The number of anilines is 4. The molecule has 164 valence electrons. The Morgan fingerprint density at radius 1 is 1.37 bits per heavy atom. The van der Waals surface area contributed by atoms with Crippen LogP contribution in [0, 0.1) is 0 Å². The summed E-state index contributed by atoms with van der Waals surface area (Å²) in [7, 11) is 1.99. The summed E-state index contributed by atoms with van der Waals surface area (Å²) in [5, 5.41) is 3.55. The number of rotatable bonds is 11. The number of aryl methyl sites for hydroxylation is 1. The number of aliphatic imine (C=N–C) groups is 1. The van der Waals surface area contributed by atoms with E-state index in [9.17, 15) is 8.78 Å². The Balaban J connectivity index is 2.53. The molecule has 2 aromatic rings. The third-order valence-electron chi connectivity index (χ3n) is 4.26. The molecule has 1 aromatic carbocycles. The number of halogens is 4. The monoisotopic (exact) mass is 585 g/mol. The van der Waals surface area contributed by atoms with Gasteiger partial charge in [0.2, 0.25) is 0 Å². The van der Waals surface area contributed by atoms with E-state index in [1.165, 1.54) is 10.2 Å². The lowest BCUT2D eigenvalue weighted by atomic mass is 10.1. The molecule has 0 saturated heterocycles. The smallest absolute Gasteiger partial charge is 0.256 e. The molecule has 0 amide bonds. The number of nitrogens with zero attached hydrogens (tertiary/aromatic N) is 4. The van der Waals surface area contributed by atoms with Gasteiger partial charge >= 0.3 is 0 Å². The van der Waals surface area contributed by atoms with E-state index in [1.807, 2.05) is 41.4 Å². The molecule has 0 aliphatic heterocycles. The summed E-state index contributed by atoms with van der Waals surface area (Å²) in [6, 6.07) is 7.85. The van der Waals surface area contributed by atoms with Crippen LogP contribution in [-0.4, -0.2) is 38.0 Å². The molecule has 0 radical (unpaired) electrons. The van der Waals surface area contributed by atoms with Gasteiger partial charge in [-0.15, -0.1) is 0 Å². The average molecular weight is 586 g/mol. The van der Waals surface area contributed by atoms with Gasteiger partial charge in [0.1, 0.15) is 10.8 Å². The van der Waals surface area contributed by atoms with Crippen LogP contribution in [-0.2, 0) is 6.42 Å². The van der Waals surface area contributed by atoms with Gasteiger partial charge in [0.15, 0.2) is 5.82 Å². The van der Waals surface area contributed by atoms with Crippen molar-refractivity contribution in [3.8, 4) is 0 Å². The lowest BCUT2D eigenvalue weighted by Crippen LogP contribution is -2.20. The first-order valence-electron chi connectivity index (χ1n) is 9.11. The fourth-order valence-electron chi connectivity index (χ4n) is 2.86. The third-order valence-corrected chi connectivity index (χ3v) is 7.55. The van der Waals surface area contributed by atoms with Crippen molar-refractivity contribution in [3.63, 3.8) is 0 Å².